The molecule has 0 saturated carbocycles. The summed E-state index contributed by atoms with van der Waals surface area (Å²) >= 11 is 0. The first kappa shape index (κ1) is 17.3. The van der Waals surface area contributed by atoms with Gasteiger partial charge in [-0.15, -0.1) is 0 Å². The van der Waals surface area contributed by atoms with Gasteiger partial charge in [-0.3, -0.25) is 4.79 Å². The Hall–Kier alpha value is -2.13. The Morgan fingerprint density at radius 1 is 1.04 bits per heavy atom. The second kappa shape index (κ2) is 7.63. The Bertz CT molecular complexity index is 768. The molecule has 2 aliphatic rings. The molecule has 136 valence electrons. The predicted molar refractivity (Wildman–Crippen MR) is 106 cm³/mol. The number of rotatable bonds is 5. The third kappa shape index (κ3) is 3.68. The number of nitrogens with zero attached hydrogens (tertiary/aromatic N) is 2. The van der Waals surface area contributed by atoms with E-state index in [1.54, 1.807) is 0 Å². The van der Waals surface area contributed by atoms with Crippen molar-refractivity contribution in [1.29, 1.82) is 0 Å². The molecular formula is C23H28N2O. The number of amides is 1. The molecule has 2 aromatic carbocycles. The minimum absolute atomic E-state index is 0.743. The van der Waals surface area contributed by atoms with Gasteiger partial charge in [0.05, 0.1) is 0 Å². The molecular weight excluding hydrogens is 320 g/mol. The van der Waals surface area contributed by atoms with E-state index in [-0.39, 0.29) is 0 Å². The van der Waals surface area contributed by atoms with Gasteiger partial charge in [-0.1, -0.05) is 42.5 Å². The van der Waals surface area contributed by atoms with Crippen LogP contribution in [0.1, 0.15) is 36.5 Å². The predicted octanol–water partition coefficient (Wildman–Crippen LogP) is 3.89. The van der Waals surface area contributed by atoms with Gasteiger partial charge in [0, 0.05) is 25.7 Å². The Labute approximate surface area is 156 Å². The summed E-state index contributed by atoms with van der Waals surface area (Å²) in [6, 6.07) is 16.5. The van der Waals surface area contributed by atoms with Crippen molar-refractivity contribution < 1.29 is 4.79 Å². The van der Waals surface area contributed by atoms with Crippen molar-refractivity contribution in [2.45, 2.75) is 45.2 Å². The lowest BCUT2D eigenvalue weighted by molar-refractivity contribution is -0.118. The van der Waals surface area contributed by atoms with Crippen LogP contribution >= 0.6 is 0 Å². The van der Waals surface area contributed by atoms with Crippen LogP contribution in [-0.4, -0.2) is 41.9 Å². The Kier molecular flexibility index (Phi) is 5.07. The lowest BCUT2D eigenvalue weighted by Crippen LogP contribution is -2.29. The minimum atomic E-state index is 0.743. The zero-order valence-corrected chi connectivity index (χ0v) is 15.7. The second-order valence-corrected chi connectivity index (χ2v) is 7.78. The standard InChI is InChI=1S/C23H28N2O/c1-18-3-2-12-25(18)14-10-19-4-6-20(7-5-19)21-8-9-23-16-24(17-26)13-11-22(23)15-21/h4-9,15,17-18H,2-3,10-14,16H2,1H3/t18-/m1/s1. The van der Waals surface area contributed by atoms with Crippen LogP contribution in [0.4, 0.5) is 0 Å². The van der Waals surface area contributed by atoms with E-state index in [1.807, 2.05) is 4.90 Å². The third-order valence-corrected chi connectivity index (χ3v) is 6.06. The van der Waals surface area contributed by atoms with Gasteiger partial charge >= 0.3 is 0 Å². The number of likely N-dealkylation sites (tertiary alicyclic amines) is 1. The Balaban J connectivity index is 1.43. The summed E-state index contributed by atoms with van der Waals surface area (Å²) in [5.74, 6) is 0. The van der Waals surface area contributed by atoms with E-state index < -0.39 is 0 Å². The average Bonchev–Trinajstić information content (AvgIpc) is 3.10. The molecule has 0 aromatic heterocycles. The molecule has 26 heavy (non-hydrogen) atoms. The molecule has 1 fully saturated rings. The highest BCUT2D eigenvalue weighted by Crippen LogP contribution is 2.26. The molecule has 0 N–H and O–H groups in total. The van der Waals surface area contributed by atoms with Crippen LogP contribution in [0, 0.1) is 0 Å². The summed E-state index contributed by atoms with van der Waals surface area (Å²) in [6.45, 7) is 6.35. The van der Waals surface area contributed by atoms with Crippen molar-refractivity contribution in [3.05, 3.63) is 59.2 Å². The molecule has 0 unspecified atom stereocenters. The quantitative estimate of drug-likeness (QED) is 0.765. The van der Waals surface area contributed by atoms with Crippen LogP contribution < -0.4 is 0 Å². The van der Waals surface area contributed by atoms with Gasteiger partial charge in [-0.05, 0) is 67.0 Å². The highest BCUT2D eigenvalue weighted by atomic mass is 16.1. The molecule has 0 spiro atoms. The van der Waals surface area contributed by atoms with E-state index >= 15 is 0 Å². The Morgan fingerprint density at radius 2 is 1.85 bits per heavy atom. The molecule has 4 rings (SSSR count). The third-order valence-electron chi connectivity index (χ3n) is 6.06. The molecule has 0 radical (unpaired) electrons. The van der Waals surface area contributed by atoms with E-state index in [4.69, 9.17) is 0 Å². The minimum Gasteiger partial charge on any atom is -0.341 e. The summed E-state index contributed by atoms with van der Waals surface area (Å²) in [5, 5.41) is 0. The monoisotopic (exact) mass is 348 g/mol. The largest absolute Gasteiger partial charge is 0.341 e. The fraction of sp³-hybridized carbons (Fsp3) is 0.435. The van der Waals surface area contributed by atoms with Crippen LogP contribution in [0.3, 0.4) is 0 Å². The van der Waals surface area contributed by atoms with Crippen molar-refractivity contribution in [3.63, 3.8) is 0 Å². The van der Waals surface area contributed by atoms with Crippen LogP contribution in [-0.2, 0) is 24.2 Å². The lowest BCUT2D eigenvalue weighted by Gasteiger charge is -2.25. The van der Waals surface area contributed by atoms with Gasteiger partial charge in [0.25, 0.3) is 0 Å². The number of carbonyl (C=O) groups is 1. The zero-order chi connectivity index (χ0) is 17.9. The fourth-order valence-electron chi connectivity index (χ4n) is 4.31. The van der Waals surface area contributed by atoms with Crippen LogP contribution in [0.2, 0.25) is 0 Å². The smallest absolute Gasteiger partial charge is 0.210 e. The molecule has 0 bridgehead atoms. The van der Waals surface area contributed by atoms with Gasteiger partial charge < -0.3 is 9.80 Å². The van der Waals surface area contributed by atoms with Crippen molar-refractivity contribution in [2.24, 2.45) is 0 Å². The topological polar surface area (TPSA) is 23.6 Å². The van der Waals surface area contributed by atoms with Crippen LogP contribution in [0.25, 0.3) is 11.1 Å². The molecule has 2 aliphatic heterocycles. The van der Waals surface area contributed by atoms with Gasteiger partial charge in [0.15, 0.2) is 0 Å². The van der Waals surface area contributed by atoms with Crippen molar-refractivity contribution in [3.8, 4) is 11.1 Å². The van der Waals surface area contributed by atoms with E-state index in [0.29, 0.717) is 0 Å². The van der Waals surface area contributed by atoms with Crippen molar-refractivity contribution in [2.75, 3.05) is 19.6 Å². The number of fused-ring (bicyclic) bond motifs is 1. The van der Waals surface area contributed by atoms with Gasteiger partial charge in [0.2, 0.25) is 6.41 Å². The molecule has 1 saturated heterocycles. The summed E-state index contributed by atoms with van der Waals surface area (Å²) in [4.78, 5) is 15.4. The molecule has 2 aromatic rings. The average molecular weight is 348 g/mol. The zero-order valence-electron chi connectivity index (χ0n) is 15.7. The van der Waals surface area contributed by atoms with Gasteiger partial charge in [-0.25, -0.2) is 0 Å². The number of carbonyl (C=O) groups excluding carboxylic acids is 1. The first-order valence-corrected chi connectivity index (χ1v) is 9.87. The normalized spacial score (nSPS) is 20.2. The second-order valence-electron chi connectivity index (χ2n) is 7.78. The van der Waals surface area contributed by atoms with Crippen LogP contribution in [0.15, 0.2) is 42.5 Å². The maximum Gasteiger partial charge on any atom is 0.210 e. The van der Waals surface area contributed by atoms with Crippen LogP contribution in [0.5, 0.6) is 0 Å². The highest BCUT2D eigenvalue weighted by molar-refractivity contribution is 5.65. The van der Waals surface area contributed by atoms with E-state index in [1.165, 1.54) is 53.7 Å². The highest BCUT2D eigenvalue weighted by Gasteiger charge is 2.19. The molecule has 2 heterocycles. The maximum absolute atomic E-state index is 11.0. The number of benzene rings is 2. The SMILES string of the molecule is C[C@@H]1CCCN1CCc1ccc(-c2ccc3c(c2)CCN(C=O)C3)cc1. The molecule has 0 aliphatic carbocycles. The lowest BCUT2D eigenvalue weighted by atomic mass is 9.94. The molecule has 3 nitrogen and oxygen atoms in total. The van der Waals surface area contributed by atoms with E-state index in [9.17, 15) is 4.79 Å². The first-order chi connectivity index (χ1) is 12.7. The number of hydrogen-bond acceptors (Lipinski definition) is 2. The van der Waals surface area contributed by atoms with Crippen molar-refractivity contribution >= 4 is 6.41 Å². The van der Waals surface area contributed by atoms with Crippen molar-refractivity contribution in [1.82, 2.24) is 9.80 Å². The summed E-state index contributed by atoms with van der Waals surface area (Å²) in [5.41, 5.74) is 6.65. The maximum atomic E-state index is 11.0. The summed E-state index contributed by atoms with van der Waals surface area (Å²) < 4.78 is 0. The Morgan fingerprint density at radius 3 is 2.58 bits per heavy atom. The fourth-order valence-corrected chi connectivity index (χ4v) is 4.31. The van der Waals surface area contributed by atoms with E-state index in [2.05, 4.69) is 54.3 Å². The molecule has 1 atom stereocenters. The summed E-state index contributed by atoms with van der Waals surface area (Å²) in [7, 11) is 0. The van der Waals surface area contributed by atoms with Gasteiger partial charge in [-0.2, -0.15) is 0 Å². The van der Waals surface area contributed by atoms with Gasteiger partial charge in [0.1, 0.15) is 0 Å². The first-order valence-electron chi connectivity index (χ1n) is 9.87. The molecule has 1 amide bonds. The molecule has 3 heteroatoms. The number of hydrogen-bond donors (Lipinski definition) is 0. The van der Waals surface area contributed by atoms with E-state index in [0.717, 1.165) is 38.4 Å². The summed E-state index contributed by atoms with van der Waals surface area (Å²) in [6.07, 6.45) is 5.74.